The lowest BCUT2D eigenvalue weighted by Crippen LogP contribution is -2.48. The van der Waals surface area contributed by atoms with Crippen LogP contribution in [0.15, 0.2) is 79.4 Å². The molecule has 2 heterocycles. The zero-order valence-electron chi connectivity index (χ0n) is 16.5. The van der Waals surface area contributed by atoms with E-state index in [1.807, 2.05) is 18.7 Å². The zero-order valence-corrected chi connectivity index (χ0v) is 16.5. The van der Waals surface area contributed by atoms with Gasteiger partial charge in [-0.25, -0.2) is 4.98 Å². The third kappa shape index (κ3) is 4.89. The second-order valence-electron chi connectivity index (χ2n) is 7.61. The molecule has 0 aliphatic carbocycles. The molecule has 2 aromatic carbocycles. The number of aromatic nitrogens is 2. The Hall–Kier alpha value is -2.43. The lowest BCUT2D eigenvalue weighted by molar-refractivity contribution is 0.108. The quantitative estimate of drug-likeness (QED) is 0.556. The van der Waals surface area contributed by atoms with Crippen LogP contribution in [0.2, 0.25) is 0 Å². The number of rotatable bonds is 8. The second-order valence-corrected chi connectivity index (χ2v) is 7.61. The van der Waals surface area contributed by atoms with Crippen LogP contribution in [0.25, 0.3) is 0 Å². The van der Waals surface area contributed by atoms with Crippen molar-refractivity contribution in [2.24, 2.45) is 0 Å². The Labute approximate surface area is 168 Å². The van der Waals surface area contributed by atoms with Crippen molar-refractivity contribution < 1.29 is 0 Å². The van der Waals surface area contributed by atoms with Crippen LogP contribution in [-0.2, 0) is 6.54 Å². The van der Waals surface area contributed by atoms with E-state index in [0.717, 1.165) is 32.7 Å². The van der Waals surface area contributed by atoms with E-state index in [9.17, 15) is 0 Å². The molecule has 28 heavy (non-hydrogen) atoms. The molecular weight excluding hydrogens is 344 g/mol. The number of benzene rings is 2. The second kappa shape index (κ2) is 9.67. The summed E-state index contributed by atoms with van der Waals surface area (Å²) < 4.78 is 2.17. The van der Waals surface area contributed by atoms with Gasteiger partial charge in [0.1, 0.15) is 0 Å². The molecule has 4 nitrogen and oxygen atoms in total. The molecule has 146 valence electrons. The van der Waals surface area contributed by atoms with Crippen molar-refractivity contribution in [3.63, 3.8) is 0 Å². The molecule has 0 saturated carbocycles. The highest BCUT2D eigenvalue weighted by Crippen LogP contribution is 2.29. The SMILES string of the molecule is c1ccc(C(c2ccccc2)N2CCN(CCCCn3ccnc3)CC2)cc1. The number of hydrogen-bond donors (Lipinski definition) is 0. The van der Waals surface area contributed by atoms with E-state index < -0.39 is 0 Å². The third-order valence-corrected chi connectivity index (χ3v) is 5.70. The summed E-state index contributed by atoms with van der Waals surface area (Å²) in [5.41, 5.74) is 2.78. The van der Waals surface area contributed by atoms with Gasteiger partial charge in [-0.1, -0.05) is 60.7 Å². The van der Waals surface area contributed by atoms with Gasteiger partial charge in [-0.15, -0.1) is 0 Å². The predicted octanol–water partition coefficient (Wildman–Crippen LogP) is 4.07. The van der Waals surface area contributed by atoms with E-state index in [0.29, 0.717) is 6.04 Å². The smallest absolute Gasteiger partial charge is 0.0945 e. The summed E-state index contributed by atoms with van der Waals surface area (Å²) in [4.78, 5) is 9.38. The van der Waals surface area contributed by atoms with Crippen molar-refractivity contribution in [1.82, 2.24) is 19.4 Å². The van der Waals surface area contributed by atoms with Gasteiger partial charge in [0.2, 0.25) is 0 Å². The average molecular weight is 375 g/mol. The molecular formula is C24H30N4. The summed E-state index contributed by atoms with van der Waals surface area (Å²) in [5, 5.41) is 0. The van der Waals surface area contributed by atoms with Gasteiger partial charge in [0.15, 0.2) is 0 Å². The molecule has 0 atom stereocenters. The maximum atomic E-state index is 4.11. The number of piperazine rings is 1. The van der Waals surface area contributed by atoms with Crippen LogP contribution in [0.4, 0.5) is 0 Å². The molecule has 4 rings (SSSR count). The van der Waals surface area contributed by atoms with Crippen LogP contribution >= 0.6 is 0 Å². The predicted molar refractivity (Wildman–Crippen MR) is 114 cm³/mol. The van der Waals surface area contributed by atoms with Gasteiger partial charge in [-0.3, -0.25) is 4.90 Å². The summed E-state index contributed by atoms with van der Waals surface area (Å²) in [7, 11) is 0. The van der Waals surface area contributed by atoms with Gasteiger partial charge in [0, 0.05) is 45.1 Å². The van der Waals surface area contributed by atoms with Crippen LogP contribution in [0.3, 0.4) is 0 Å². The molecule has 1 aliphatic rings. The average Bonchev–Trinajstić information content (AvgIpc) is 3.28. The first kappa shape index (κ1) is 18.9. The molecule has 1 saturated heterocycles. The van der Waals surface area contributed by atoms with Gasteiger partial charge >= 0.3 is 0 Å². The summed E-state index contributed by atoms with van der Waals surface area (Å²) in [6, 6.07) is 22.2. The molecule has 0 spiro atoms. The maximum absolute atomic E-state index is 4.11. The Bertz CT molecular complexity index is 754. The Kier molecular flexibility index (Phi) is 6.53. The Morgan fingerprint density at radius 3 is 1.93 bits per heavy atom. The normalized spacial score (nSPS) is 15.9. The van der Waals surface area contributed by atoms with Gasteiger partial charge in [-0.2, -0.15) is 0 Å². The topological polar surface area (TPSA) is 24.3 Å². The molecule has 0 N–H and O–H groups in total. The summed E-state index contributed by atoms with van der Waals surface area (Å²) >= 11 is 0. The number of nitrogens with zero attached hydrogens (tertiary/aromatic N) is 4. The Morgan fingerprint density at radius 1 is 0.750 bits per heavy atom. The summed E-state index contributed by atoms with van der Waals surface area (Å²) in [6.07, 6.45) is 8.28. The number of aryl methyl sites for hydroxylation is 1. The minimum absolute atomic E-state index is 0.353. The molecule has 0 unspecified atom stereocenters. The van der Waals surface area contributed by atoms with Crippen molar-refractivity contribution in [3.05, 3.63) is 90.5 Å². The summed E-state index contributed by atoms with van der Waals surface area (Å²) in [6.45, 7) is 6.82. The first-order chi connectivity index (χ1) is 13.9. The monoisotopic (exact) mass is 374 g/mol. The maximum Gasteiger partial charge on any atom is 0.0945 e. The van der Waals surface area contributed by atoms with Crippen molar-refractivity contribution in [1.29, 1.82) is 0 Å². The van der Waals surface area contributed by atoms with Gasteiger partial charge in [0.05, 0.1) is 12.4 Å². The third-order valence-electron chi connectivity index (χ3n) is 5.70. The number of unbranched alkanes of at least 4 members (excludes halogenated alkanes) is 1. The molecule has 4 heteroatoms. The molecule has 1 aliphatic heterocycles. The van der Waals surface area contributed by atoms with Crippen molar-refractivity contribution in [2.45, 2.75) is 25.4 Å². The standard InChI is InChI=1S/C24H30N4/c1-3-9-22(10-4-1)24(23-11-5-2-6-12-23)28-19-17-26(18-20-28)14-7-8-15-27-16-13-25-21-27/h1-6,9-13,16,21,24H,7-8,14-15,17-20H2. The lowest BCUT2D eigenvalue weighted by atomic mass is 9.96. The van der Waals surface area contributed by atoms with Crippen molar-refractivity contribution in [2.75, 3.05) is 32.7 Å². The highest BCUT2D eigenvalue weighted by Gasteiger charge is 2.25. The first-order valence-electron chi connectivity index (χ1n) is 10.4. The first-order valence-corrected chi connectivity index (χ1v) is 10.4. The molecule has 1 fully saturated rings. The number of imidazole rings is 1. The fraction of sp³-hybridized carbons (Fsp3) is 0.375. The lowest BCUT2D eigenvalue weighted by Gasteiger charge is -2.39. The molecule has 1 aromatic heterocycles. The Balaban J connectivity index is 1.32. The van der Waals surface area contributed by atoms with Gasteiger partial charge < -0.3 is 9.47 Å². The van der Waals surface area contributed by atoms with Crippen LogP contribution in [-0.4, -0.2) is 52.1 Å². The fourth-order valence-electron chi connectivity index (χ4n) is 4.18. The van der Waals surface area contributed by atoms with E-state index in [-0.39, 0.29) is 0 Å². The minimum Gasteiger partial charge on any atom is -0.337 e. The van der Waals surface area contributed by atoms with Crippen molar-refractivity contribution in [3.8, 4) is 0 Å². The van der Waals surface area contributed by atoms with Gasteiger partial charge in [-0.05, 0) is 30.5 Å². The molecule has 0 radical (unpaired) electrons. The van der Waals surface area contributed by atoms with Crippen LogP contribution in [0.5, 0.6) is 0 Å². The highest BCUT2D eigenvalue weighted by atomic mass is 15.3. The highest BCUT2D eigenvalue weighted by molar-refractivity contribution is 5.31. The van der Waals surface area contributed by atoms with E-state index in [2.05, 4.69) is 80.0 Å². The van der Waals surface area contributed by atoms with Crippen LogP contribution in [0.1, 0.15) is 30.0 Å². The zero-order chi connectivity index (χ0) is 19.0. The Morgan fingerprint density at radius 2 is 1.36 bits per heavy atom. The minimum atomic E-state index is 0.353. The van der Waals surface area contributed by atoms with E-state index in [1.165, 1.54) is 30.5 Å². The van der Waals surface area contributed by atoms with E-state index in [4.69, 9.17) is 0 Å². The van der Waals surface area contributed by atoms with Crippen LogP contribution < -0.4 is 0 Å². The van der Waals surface area contributed by atoms with E-state index >= 15 is 0 Å². The molecule has 0 amide bonds. The summed E-state index contributed by atoms with van der Waals surface area (Å²) in [5.74, 6) is 0. The van der Waals surface area contributed by atoms with Crippen molar-refractivity contribution >= 4 is 0 Å². The fourth-order valence-corrected chi connectivity index (χ4v) is 4.18. The number of hydrogen-bond acceptors (Lipinski definition) is 3. The molecule has 0 bridgehead atoms. The molecule has 3 aromatic rings. The largest absolute Gasteiger partial charge is 0.337 e. The van der Waals surface area contributed by atoms with E-state index in [1.54, 1.807) is 0 Å². The van der Waals surface area contributed by atoms with Crippen LogP contribution in [0, 0.1) is 0 Å². The van der Waals surface area contributed by atoms with Gasteiger partial charge in [0.25, 0.3) is 0 Å².